The van der Waals surface area contributed by atoms with E-state index in [1.165, 1.54) is 4.88 Å². The molecule has 1 aromatic heterocycles. The first-order valence-electron chi connectivity index (χ1n) is 9.93. The zero-order valence-electron chi connectivity index (χ0n) is 17.6. The largest absolute Gasteiger partial charge is 0.357 e. The van der Waals surface area contributed by atoms with Gasteiger partial charge in [0.05, 0.1) is 12.3 Å². The van der Waals surface area contributed by atoms with Crippen LogP contribution in [-0.2, 0) is 22.3 Å². The van der Waals surface area contributed by atoms with Gasteiger partial charge in [0.1, 0.15) is 0 Å². The Balaban J connectivity index is 2.06. The fraction of sp³-hybridized carbons (Fsp3) is 0.476. The summed E-state index contributed by atoms with van der Waals surface area (Å²) in [6, 6.07) is 11.6. The third-order valence-electron chi connectivity index (χ3n) is 4.24. The topological polar surface area (TPSA) is 82.6 Å². The molecule has 29 heavy (non-hydrogen) atoms. The summed E-state index contributed by atoms with van der Waals surface area (Å²) in [6.45, 7) is 9.80. The number of nitrogens with zero attached hydrogens (tertiary/aromatic N) is 1. The number of aliphatic imine (C=N–C) groups is 1. The summed E-state index contributed by atoms with van der Waals surface area (Å²) >= 11 is 1.75. The molecule has 0 bridgehead atoms. The highest BCUT2D eigenvalue weighted by Gasteiger charge is 2.15. The Labute approximate surface area is 178 Å². The van der Waals surface area contributed by atoms with Crippen LogP contribution in [-0.4, -0.2) is 33.5 Å². The molecule has 0 saturated carbocycles. The second kappa shape index (κ2) is 11.3. The van der Waals surface area contributed by atoms with Crippen LogP contribution in [0.1, 0.15) is 49.6 Å². The van der Waals surface area contributed by atoms with Crippen LogP contribution in [0.25, 0.3) is 0 Å². The predicted octanol–water partition coefficient (Wildman–Crippen LogP) is 3.43. The van der Waals surface area contributed by atoms with Crippen LogP contribution >= 0.6 is 11.3 Å². The standard InChI is InChI=1S/C21H32N4O2S2/c1-5-22-21(23-13-17(4)20-11-8-12-28-20)24-14-18-9-6-7-10-19(18)15-29(26,27)25-16(2)3/h6-12,16-17,25H,5,13-15H2,1-4H3,(H2,22,23,24). The van der Waals surface area contributed by atoms with Gasteiger partial charge in [-0.25, -0.2) is 18.1 Å². The minimum atomic E-state index is -3.38. The van der Waals surface area contributed by atoms with Crippen molar-refractivity contribution in [1.29, 1.82) is 0 Å². The zero-order valence-corrected chi connectivity index (χ0v) is 19.2. The Morgan fingerprint density at radius 1 is 1.07 bits per heavy atom. The Morgan fingerprint density at radius 3 is 2.41 bits per heavy atom. The Kier molecular flexibility index (Phi) is 9.13. The molecule has 8 heteroatoms. The lowest BCUT2D eigenvalue weighted by Crippen LogP contribution is -2.39. The van der Waals surface area contributed by atoms with Crippen molar-refractivity contribution in [3.8, 4) is 0 Å². The highest BCUT2D eigenvalue weighted by molar-refractivity contribution is 7.88. The average Bonchev–Trinajstić information content (AvgIpc) is 3.18. The van der Waals surface area contributed by atoms with Crippen LogP contribution in [0.2, 0.25) is 0 Å². The van der Waals surface area contributed by atoms with E-state index in [-0.39, 0.29) is 11.8 Å². The summed E-state index contributed by atoms with van der Waals surface area (Å²) < 4.78 is 27.3. The van der Waals surface area contributed by atoms with E-state index in [2.05, 4.69) is 44.8 Å². The Hall–Kier alpha value is -1.90. The number of benzene rings is 1. The van der Waals surface area contributed by atoms with Gasteiger partial charge in [-0.3, -0.25) is 0 Å². The molecule has 0 saturated heterocycles. The lowest BCUT2D eigenvalue weighted by Gasteiger charge is -2.16. The average molecular weight is 437 g/mol. The van der Waals surface area contributed by atoms with Crippen molar-refractivity contribution in [3.05, 3.63) is 57.8 Å². The quantitative estimate of drug-likeness (QED) is 0.394. The molecule has 2 rings (SSSR count). The molecule has 0 aliphatic heterocycles. The van der Waals surface area contributed by atoms with Crippen molar-refractivity contribution in [1.82, 2.24) is 15.4 Å². The molecule has 1 atom stereocenters. The van der Waals surface area contributed by atoms with Crippen molar-refractivity contribution in [2.75, 3.05) is 13.1 Å². The van der Waals surface area contributed by atoms with Crippen LogP contribution in [0.3, 0.4) is 0 Å². The van der Waals surface area contributed by atoms with Gasteiger partial charge < -0.3 is 10.6 Å². The smallest absolute Gasteiger partial charge is 0.216 e. The molecule has 0 aliphatic carbocycles. The van der Waals surface area contributed by atoms with E-state index in [9.17, 15) is 8.42 Å². The normalized spacial score (nSPS) is 13.5. The van der Waals surface area contributed by atoms with Gasteiger partial charge in [-0.15, -0.1) is 11.3 Å². The third-order valence-corrected chi connectivity index (χ3v) is 6.86. The van der Waals surface area contributed by atoms with Gasteiger partial charge in [0.2, 0.25) is 10.0 Å². The van der Waals surface area contributed by atoms with E-state index in [0.29, 0.717) is 12.5 Å². The second-order valence-electron chi connectivity index (χ2n) is 7.29. The van der Waals surface area contributed by atoms with Gasteiger partial charge >= 0.3 is 0 Å². The first-order chi connectivity index (χ1) is 13.8. The van der Waals surface area contributed by atoms with Gasteiger partial charge in [-0.1, -0.05) is 37.3 Å². The maximum absolute atomic E-state index is 12.3. The van der Waals surface area contributed by atoms with Crippen LogP contribution in [0, 0.1) is 0 Å². The minimum absolute atomic E-state index is 0.0454. The number of rotatable bonds is 10. The van der Waals surface area contributed by atoms with E-state index in [4.69, 9.17) is 0 Å². The molecule has 3 N–H and O–H groups in total. The van der Waals surface area contributed by atoms with Crippen molar-refractivity contribution in [3.63, 3.8) is 0 Å². The predicted molar refractivity (Wildman–Crippen MR) is 123 cm³/mol. The summed E-state index contributed by atoms with van der Waals surface area (Å²) in [5, 5.41) is 8.73. The second-order valence-corrected chi connectivity index (χ2v) is 10.0. The lowest BCUT2D eigenvalue weighted by atomic mass is 10.1. The zero-order chi connectivity index (χ0) is 21.3. The number of sulfonamides is 1. The van der Waals surface area contributed by atoms with Gasteiger partial charge in [-0.05, 0) is 43.3 Å². The molecule has 0 radical (unpaired) electrons. The molecular weight excluding hydrogens is 404 g/mol. The molecule has 2 aromatic rings. The summed E-state index contributed by atoms with van der Waals surface area (Å²) in [6.07, 6.45) is 0. The molecule has 0 amide bonds. The molecule has 1 heterocycles. The molecule has 0 fully saturated rings. The molecule has 0 spiro atoms. The number of thiophene rings is 1. The third kappa shape index (κ3) is 8.16. The van der Waals surface area contributed by atoms with Gasteiger partial charge in [0.15, 0.2) is 5.96 Å². The van der Waals surface area contributed by atoms with Crippen molar-refractivity contribution in [2.45, 2.75) is 52.0 Å². The van der Waals surface area contributed by atoms with E-state index in [1.54, 1.807) is 11.3 Å². The number of hydrogen-bond acceptors (Lipinski definition) is 4. The van der Waals surface area contributed by atoms with Crippen molar-refractivity contribution in [2.24, 2.45) is 4.99 Å². The van der Waals surface area contributed by atoms with E-state index in [0.717, 1.165) is 30.2 Å². The summed E-state index contributed by atoms with van der Waals surface area (Å²) in [7, 11) is -3.38. The summed E-state index contributed by atoms with van der Waals surface area (Å²) in [4.78, 5) is 6.01. The van der Waals surface area contributed by atoms with Gasteiger partial charge in [0, 0.05) is 29.9 Å². The van der Waals surface area contributed by atoms with E-state index < -0.39 is 10.0 Å². The molecule has 1 unspecified atom stereocenters. The fourth-order valence-corrected chi connectivity index (χ4v) is 5.17. The highest BCUT2D eigenvalue weighted by Crippen LogP contribution is 2.19. The number of guanidine groups is 1. The number of nitrogens with one attached hydrogen (secondary N) is 3. The summed E-state index contributed by atoms with van der Waals surface area (Å²) in [5.41, 5.74) is 1.68. The molecular formula is C21H32N4O2S2. The lowest BCUT2D eigenvalue weighted by molar-refractivity contribution is 0.569. The maximum atomic E-state index is 12.3. The Morgan fingerprint density at radius 2 is 1.79 bits per heavy atom. The monoisotopic (exact) mass is 436 g/mol. The van der Waals surface area contributed by atoms with E-state index >= 15 is 0 Å². The maximum Gasteiger partial charge on any atom is 0.216 e. The Bertz CT molecular complexity index is 878. The van der Waals surface area contributed by atoms with Gasteiger partial charge in [-0.2, -0.15) is 0 Å². The molecule has 1 aromatic carbocycles. The SMILES string of the molecule is CCNC(=NCc1ccccc1CS(=O)(=O)NC(C)C)NCC(C)c1cccs1. The number of hydrogen-bond donors (Lipinski definition) is 3. The van der Waals surface area contributed by atoms with Crippen LogP contribution in [0.5, 0.6) is 0 Å². The molecule has 0 aliphatic rings. The van der Waals surface area contributed by atoms with Crippen LogP contribution < -0.4 is 15.4 Å². The minimum Gasteiger partial charge on any atom is -0.357 e. The molecule has 6 nitrogen and oxygen atoms in total. The van der Waals surface area contributed by atoms with Crippen LogP contribution in [0.4, 0.5) is 0 Å². The van der Waals surface area contributed by atoms with Gasteiger partial charge in [0.25, 0.3) is 0 Å². The fourth-order valence-electron chi connectivity index (χ4n) is 2.89. The van der Waals surface area contributed by atoms with Crippen LogP contribution in [0.15, 0.2) is 46.8 Å². The highest BCUT2D eigenvalue weighted by atomic mass is 32.2. The van der Waals surface area contributed by atoms with Crippen molar-refractivity contribution >= 4 is 27.3 Å². The first kappa shape index (κ1) is 23.4. The molecule has 160 valence electrons. The summed E-state index contributed by atoms with van der Waals surface area (Å²) in [5.74, 6) is 1.07. The van der Waals surface area contributed by atoms with Crippen molar-refractivity contribution < 1.29 is 8.42 Å². The first-order valence-corrected chi connectivity index (χ1v) is 12.5. The van der Waals surface area contributed by atoms with E-state index in [1.807, 2.05) is 45.0 Å².